The number of hydrogen-bond donors (Lipinski definition) is 2. The van der Waals surface area contributed by atoms with E-state index in [-0.39, 0.29) is 0 Å². The largest absolute Gasteiger partial charge is 0.287 e. The van der Waals surface area contributed by atoms with Crippen LogP contribution in [0.2, 0.25) is 0 Å². The smallest absolute Gasteiger partial charge is 0.112 e. The average Bonchev–Trinajstić information content (AvgIpc) is 2.04. The second-order valence-corrected chi connectivity index (χ2v) is 2.56. The van der Waals surface area contributed by atoms with Crippen LogP contribution in [0.3, 0.4) is 0 Å². The molecule has 0 radical (unpaired) electrons. The maximum absolute atomic E-state index is 7.31. The minimum atomic E-state index is 0.297. The summed E-state index contributed by atoms with van der Waals surface area (Å²) in [5.74, 6) is 5.90. The van der Waals surface area contributed by atoms with E-state index in [2.05, 4.69) is 4.98 Å². The zero-order valence-corrected chi connectivity index (χ0v) is 7.20. The summed E-state index contributed by atoms with van der Waals surface area (Å²) < 4.78 is 0. The molecule has 0 aliphatic carbocycles. The molecular weight excluding hydrogens is 152 g/mol. The maximum atomic E-state index is 7.31. The van der Waals surface area contributed by atoms with Crippen LogP contribution in [0.1, 0.15) is 12.6 Å². The van der Waals surface area contributed by atoms with Crippen LogP contribution in [0.4, 0.5) is 5.69 Å². The lowest BCUT2D eigenvalue weighted by molar-refractivity contribution is 1.06. The molecule has 0 unspecified atom stereocenters. The number of nitrogens with two attached hydrogens (primary N) is 1. The number of hydrogen-bond acceptors (Lipinski definition) is 3. The number of amidine groups is 1. The molecule has 1 heterocycles. The number of nitrogens with one attached hydrogen (secondary N) is 1. The lowest BCUT2D eigenvalue weighted by Crippen LogP contribution is -2.35. The van der Waals surface area contributed by atoms with Gasteiger partial charge >= 0.3 is 0 Å². The van der Waals surface area contributed by atoms with Gasteiger partial charge in [0.15, 0.2) is 0 Å². The Balaban J connectivity index is 3.02. The van der Waals surface area contributed by atoms with Crippen LogP contribution in [-0.2, 0) is 0 Å². The number of aromatic nitrogens is 1. The number of nitrogens with zero attached hydrogens (tertiary/aromatic N) is 2. The molecule has 0 saturated heterocycles. The molecule has 0 spiro atoms. The van der Waals surface area contributed by atoms with Crippen LogP contribution in [0.15, 0.2) is 18.3 Å². The predicted molar refractivity (Wildman–Crippen MR) is 49.0 cm³/mol. The van der Waals surface area contributed by atoms with E-state index < -0.39 is 0 Å². The minimum Gasteiger partial charge on any atom is -0.287 e. The van der Waals surface area contributed by atoms with Crippen molar-refractivity contribution in [2.45, 2.75) is 13.8 Å². The van der Waals surface area contributed by atoms with Gasteiger partial charge in [0.1, 0.15) is 5.84 Å². The van der Waals surface area contributed by atoms with Gasteiger partial charge in [0.05, 0.1) is 11.4 Å². The number of rotatable bonds is 1. The van der Waals surface area contributed by atoms with Gasteiger partial charge in [-0.05, 0) is 26.0 Å². The summed E-state index contributed by atoms with van der Waals surface area (Å²) in [5, 5.41) is 8.62. The van der Waals surface area contributed by atoms with Crippen molar-refractivity contribution in [3.63, 3.8) is 0 Å². The Kier molecular flexibility index (Phi) is 2.40. The summed E-state index contributed by atoms with van der Waals surface area (Å²) in [4.78, 5) is 4.06. The van der Waals surface area contributed by atoms with Gasteiger partial charge < -0.3 is 0 Å². The van der Waals surface area contributed by atoms with Crippen LogP contribution in [0.5, 0.6) is 0 Å². The van der Waals surface area contributed by atoms with Gasteiger partial charge in [-0.2, -0.15) is 0 Å². The number of anilines is 1. The molecule has 1 aromatic heterocycles. The summed E-state index contributed by atoms with van der Waals surface area (Å²) in [6.07, 6.45) is 1.70. The van der Waals surface area contributed by atoms with Crippen LogP contribution < -0.4 is 10.9 Å². The second-order valence-electron chi connectivity index (χ2n) is 2.56. The van der Waals surface area contributed by atoms with Crippen LogP contribution in [-0.4, -0.2) is 10.8 Å². The molecule has 4 nitrogen and oxygen atoms in total. The maximum Gasteiger partial charge on any atom is 0.112 e. The minimum absolute atomic E-state index is 0.297. The standard InChI is InChI=1S/C8H12N4/c1-6-8(4-3-5-11-6)12(10)7(2)9/h3-5,9H,10H2,1-2H3. The summed E-state index contributed by atoms with van der Waals surface area (Å²) in [5.41, 5.74) is 1.59. The third-order valence-electron chi connectivity index (χ3n) is 1.60. The monoisotopic (exact) mass is 164 g/mol. The third-order valence-corrected chi connectivity index (χ3v) is 1.60. The van der Waals surface area contributed by atoms with Gasteiger partial charge in [0.2, 0.25) is 0 Å². The van der Waals surface area contributed by atoms with Gasteiger partial charge in [-0.25, -0.2) is 5.84 Å². The van der Waals surface area contributed by atoms with Crippen molar-refractivity contribution in [3.8, 4) is 0 Å². The van der Waals surface area contributed by atoms with Crippen molar-refractivity contribution in [1.82, 2.24) is 4.98 Å². The fraction of sp³-hybridized carbons (Fsp3) is 0.250. The lowest BCUT2D eigenvalue weighted by Gasteiger charge is -2.17. The fourth-order valence-corrected chi connectivity index (χ4v) is 0.911. The van der Waals surface area contributed by atoms with Crippen LogP contribution >= 0.6 is 0 Å². The fourth-order valence-electron chi connectivity index (χ4n) is 0.911. The molecule has 4 heteroatoms. The molecule has 12 heavy (non-hydrogen) atoms. The van der Waals surface area contributed by atoms with Crippen molar-refractivity contribution in [1.29, 1.82) is 5.41 Å². The van der Waals surface area contributed by atoms with Gasteiger partial charge in [0, 0.05) is 6.20 Å². The Morgan fingerprint density at radius 2 is 2.33 bits per heavy atom. The van der Waals surface area contributed by atoms with Crippen molar-refractivity contribution < 1.29 is 0 Å². The molecule has 0 bridgehead atoms. The molecule has 0 aliphatic heterocycles. The second kappa shape index (κ2) is 3.32. The van der Waals surface area contributed by atoms with Crippen molar-refractivity contribution in [2.24, 2.45) is 5.84 Å². The first-order chi connectivity index (χ1) is 5.63. The summed E-state index contributed by atoms with van der Waals surface area (Å²) in [6, 6.07) is 3.63. The van der Waals surface area contributed by atoms with E-state index in [1.807, 2.05) is 13.0 Å². The van der Waals surface area contributed by atoms with E-state index in [4.69, 9.17) is 11.3 Å². The molecule has 0 amide bonds. The summed E-state index contributed by atoms with van der Waals surface area (Å²) >= 11 is 0. The van der Waals surface area contributed by atoms with E-state index in [1.54, 1.807) is 19.2 Å². The molecule has 64 valence electrons. The quantitative estimate of drug-likeness (QED) is 0.282. The van der Waals surface area contributed by atoms with E-state index in [0.717, 1.165) is 11.4 Å². The Morgan fingerprint density at radius 3 is 2.83 bits per heavy atom. The molecule has 0 atom stereocenters. The van der Waals surface area contributed by atoms with Gasteiger partial charge in [-0.1, -0.05) is 0 Å². The highest BCUT2D eigenvalue weighted by Crippen LogP contribution is 2.13. The van der Waals surface area contributed by atoms with E-state index >= 15 is 0 Å². The zero-order valence-electron chi connectivity index (χ0n) is 7.20. The molecule has 1 rings (SSSR count). The van der Waals surface area contributed by atoms with Crippen LogP contribution in [0, 0.1) is 12.3 Å². The Bertz CT molecular complexity index is 295. The third kappa shape index (κ3) is 1.60. The highest BCUT2D eigenvalue weighted by Gasteiger charge is 2.05. The SMILES string of the molecule is CC(=N)N(N)c1cccnc1C. The molecule has 0 saturated carbocycles. The Hall–Kier alpha value is -1.42. The van der Waals surface area contributed by atoms with Crippen LogP contribution in [0.25, 0.3) is 0 Å². The predicted octanol–water partition coefficient (Wildman–Crippen LogP) is 1.07. The van der Waals surface area contributed by atoms with Gasteiger partial charge in [-0.15, -0.1) is 0 Å². The van der Waals surface area contributed by atoms with Crippen molar-refractivity contribution >= 4 is 11.5 Å². The van der Waals surface area contributed by atoms with E-state index in [9.17, 15) is 0 Å². The van der Waals surface area contributed by atoms with Gasteiger partial charge in [-0.3, -0.25) is 15.4 Å². The Labute approximate surface area is 71.5 Å². The van der Waals surface area contributed by atoms with E-state index in [0.29, 0.717) is 5.84 Å². The first-order valence-corrected chi connectivity index (χ1v) is 3.64. The number of hydrazine groups is 1. The van der Waals surface area contributed by atoms with Crippen molar-refractivity contribution in [3.05, 3.63) is 24.0 Å². The molecule has 3 N–H and O–H groups in total. The zero-order chi connectivity index (χ0) is 9.14. The Morgan fingerprint density at radius 1 is 1.67 bits per heavy atom. The number of pyridine rings is 1. The molecule has 1 aromatic rings. The summed E-state index contributed by atoms with van der Waals surface area (Å²) in [7, 11) is 0. The first-order valence-electron chi connectivity index (χ1n) is 3.64. The average molecular weight is 164 g/mol. The summed E-state index contributed by atoms with van der Waals surface area (Å²) in [6.45, 7) is 3.49. The molecule has 0 aromatic carbocycles. The van der Waals surface area contributed by atoms with Gasteiger partial charge in [0.25, 0.3) is 0 Å². The highest BCUT2D eigenvalue weighted by molar-refractivity contribution is 5.92. The molecule has 0 fully saturated rings. The number of aryl methyl sites for hydroxylation is 1. The molecular formula is C8H12N4. The molecule has 0 aliphatic rings. The first kappa shape index (κ1) is 8.67. The van der Waals surface area contributed by atoms with E-state index in [1.165, 1.54) is 5.01 Å². The lowest BCUT2D eigenvalue weighted by atomic mass is 10.3. The topological polar surface area (TPSA) is 66.0 Å². The highest BCUT2D eigenvalue weighted by atomic mass is 15.4. The normalized spacial score (nSPS) is 9.58. The van der Waals surface area contributed by atoms with Crippen molar-refractivity contribution in [2.75, 3.05) is 5.01 Å².